The van der Waals surface area contributed by atoms with Crippen LogP contribution in [0.2, 0.25) is 0 Å². The lowest BCUT2D eigenvalue weighted by Crippen LogP contribution is -2.20. The van der Waals surface area contributed by atoms with Crippen molar-refractivity contribution in [3.8, 4) is 0 Å². The average molecular weight is 230 g/mol. The summed E-state index contributed by atoms with van der Waals surface area (Å²) in [7, 11) is 0. The van der Waals surface area contributed by atoms with E-state index >= 15 is 0 Å². The Morgan fingerprint density at radius 2 is 2.07 bits per heavy atom. The zero-order valence-corrected chi connectivity index (χ0v) is 10.4. The van der Waals surface area contributed by atoms with E-state index in [1.54, 1.807) is 11.8 Å². The highest BCUT2D eigenvalue weighted by Gasteiger charge is 2.21. The number of hydrogen-bond donors (Lipinski definition) is 1. The summed E-state index contributed by atoms with van der Waals surface area (Å²) in [6.45, 7) is 2.31. The predicted molar refractivity (Wildman–Crippen MR) is 65.2 cm³/mol. The molecule has 0 aromatic carbocycles. The lowest BCUT2D eigenvalue weighted by molar-refractivity contribution is -0.121. The third kappa shape index (κ3) is 5.03. The van der Waals surface area contributed by atoms with E-state index in [1.807, 2.05) is 0 Å². The van der Waals surface area contributed by atoms with Crippen molar-refractivity contribution in [3.05, 3.63) is 0 Å². The first kappa shape index (κ1) is 13.0. The van der Waals surface area contributed by atoms with Crippen LogP contribution < -0.4 is 0 Å². The maximum atomic E-state index is 11.8. The highest BCUT2D eigenvalue weighted by Crippen LogP contribution is 2.26. The van der Waals surface area contributed by atoms with Gasteiger partial charge in [0, 0.05) is 17.8 Å². The number of thioether (sulfide) groups is 1. The molecule has 1 N–H and O–H groups in total. The molecule has 0 aromatic heterocycles. The van der Waals surface area contributed by atoms with Gasteiger partial charge in [0.25, 0.3) is 0 Å². The Morgan fingerprint density at radius 1 is 1.40 bits per heavy atom. The number of ketones is 1. The molecule has 1 aliphatic carbocycles. The fraction of sp³-hybridized carbons (Fsp3) is 0.917. The fourth-order valence-electron chi connectivity index (χ4n) is 2.03. The van der Waals surface area contributed by atoms with E-state index < -0.39 is 0 Å². The van der Waals surface area contributed by atoms with Gasteiger partial charge in [-0.15, -0.1) is 0 Å². The third-order valence-corrected chi connectivity index (χ3v) is 4.36. The number of aliphatic hydroxyl groups is 1. The van der Waals surface area contributed by atoms with Gasteiger partial charge < -0.3 is 5.11 Å². The summed E-state index contributed by atoms with van der Waals surface area (Å²) in [5.41, 5.74) is 0. The Kier molecular flexibility index (Phi) is 6.34. The van der Waals surface area contributed by atoms with Gasteiger partial charge in [0.2, 0.25) is 0 Å². The second-order valence-corrected chi connectivity index (χ2v) is 5.86. The van der Waals surface area contributed by atoms with Crippen molar-refractivity contribution in [1.82, 2.24) is 0 Å². The molecule has 1 saturated carbocycles. The van der Waals surface area contributed by atoms with Crippen molar-refractivity contribution in [2.75, 3.05) is 12.4 Å². The monoisotopic (exact) mass is 230 g/mol. The van der Waals surface area contributed by atoms with Gasteiger partial charge in [-0.3, -0.25) is 4.79 Å². The summed E-state index contributed by atoms with van der Waals surface area (Å²) in [6.07, 6.45) is 6.77. The number of hydrogen-bond acceptors (Lipinski definition) is 3. The largest absolute Gasteiger partial charge is 0.396 e. The standard InChI is InChI=1S/C12H22O2S/c1-10(7-8-13)15-9-12(14)11-5-3-2-4-6-11/h10-11,13H,2-9H2,1H3. The third-order valence-electron chi connectivity index (χ3n) is 3.11. The second kappa shape index (κ2) is 7.29. The minimum Gasteiger partial charge on any atom is -0.396 e. The first-order valence-corrected chi connectivity index (χ1v) is 7.04. The summed E-state index contributed by atoms with van der Waals surface area (Å²) in [5, 5.41) is 9.16. The predicted octanol–water partition coefficient (Wildman–Crippen LogP) is 2.64. The van der Waals surface area contributed by atoms with Crippen LogP contribution in [0.5, 0.6) is 0 Å². The van der Waals surface area contributed by atoms with Crippen molar-refractivity contribution in [1.29, 1.82) is 0 Å². The molecule has 1 fully saturated rings. The smallest absolute Gasteiger partial charge is 0.145 e. The SMILES string of the molecule is CC(CCO)SCC(=O)C1CCCCC1. The number of aliphatic hydroxyl groups excluding tert-OH is 1. The molecule has 0 aromatic rings. The van der Waals surface area contributed by atoms with Gasteiger partial charge in [-0.05, 0) is 19.3 Å². The van der Waals surface area contributed by atoms with Crippen molar-refractivity contribution >= 4 is 17.5 Å². The van der Waals surface area contributed by atoms with Crippen LogP contribution in [0.1, 0.15) is 45.4 Å². The Labute approximate surface area is 96.8 Å². The van der Waals surface area contributed by atoms with Crippen LogP contribution >= 0.6 is 11.8 Å². The number of rotatable bonds is 6. The molecule has 0 saturated heterocycles. The van der Waals surface area contributed by atoms with Gasteiger partial charge in [-0.25, -0.2) is 0 Å². The fourth-order valence-corrected chi connectivity index (χ4v) is 2.99. The van der Waals surface area contributed by atoms with Gasteiger partial charge in [0.1, 0.15) is 5.78 Å². The molecule has 1 unspecified atom stereocenters. The second-order valence-electron chi connectivity index (χ2n) is 4.44. The van der Waals surface area contributed by atoms with Crippen molar-refractivity contribution in [2.45, 2.75) is 50.7 Å². The molecule has 2 nitrogen and oxygen atoms in total. The molecule has 1 rings (SSSR count). The molecule has 0 bridgehead atoms. The van der Waals surface area contributed by atoms with E-state index in [4.69, 9.17) is 5.11 Å². The van der Waals surface area contributed by atoms with Crippen LogP contribution in [0.3, 0.4) is 0 Å². The summed E-state index contributed by atoms with van der Waals surface area (Å²) in [6, 6.07) is 0. The summed E-state index contributed by atoms with van der Waals surface area (Å²) < 4.78 is 0. The van der Waals surface area contributed by atoms with Crippen molar-refractivity contribution < 1.29 is 9.90 Å². The molecular weight excluding hydrogens is 208 g/mol. The van der Waals surface area contributed by atoms with Crippen LogP contribution in [-0.4, -0.2) is 28.5 Å². The number of carbonyl (C=O) groups is 1. The molecule has 0 heterocycles. The van der Waals surface area contributed by atoms with E-state index in [-0.39, 0.29) is 6.61 Å². The molecule has 15 heavy (non-hydrogen) atoms. The minimum atomic E-state index is 0.228. The van der Waals surface area contributed by atoms with E-state index in [9.17, 15) is 4.79 Å². The zero-order chi connectivity index (χ0) is 11.1. The van der Waals surface area contributed by atoms with E-state index in [2.05, 4.69) is 6.92 Å². The summed E-state index contributed by atoms with van der Waals surface area (Å²) >= 11 is 1.69. The highest BCUT2D eigenvalue weighted by molar-refractivity contribution is 8.00. The lowest BCUT2D eigenvalue weighted by Gasteiger charge is -2.20. The van der Waals surface area contributed by atoms with Gasteiger partial charge >= 0.3 is 0 Å². The van der Waals surface area contributed by atoms with E-state index in [0.717, 1.165) is 19.3 Å². The minimum absolute atomic E-state index is 0.228. The van der Waals surface area contributed by atoms with Gasteiger partial charge in [0.15, 0.2) is 0 Å². The molecule has 3 heteroatoms. The van der Waals surface area contributed by atoms with Gasteiger partial charge in [-0.2, -0.15) is 11.8 Å². The normalized spacial score (nSPS) is 20.1. The van der Waals surface area contributed by atoms with Crippen LogP contribution in [0.15, 0.2) is 0 Å². The quantitative estimate of drug-likeness (QED) is 0.762. The van der Waals surface area contributed by atoms with E-state index in [0.29, 0.717) is 22.7 Å². The lowest BCUT2D eigenvalue weighted by atomic mass is 9.87. The molecule has 0 spiro atoms. The van der Waals surface area contributed by atoms with Crippen LogP contribution in [0.25, 0.3) is 0 Å². The Bertz CT molecular complexity index is 188. The zero-order valence-electron chi connectivity index (χ0n) is 9.58. The number of carbonyl (C=O) groups excluding carboxylic acids is 1. The summed E-state index contributed by atoms with van der Waals surface area (Å²) in [4.78, 5) is 11.8. The summed E-state index contributed by atoms with van der Waals surface area (Å²) in [5.74, 6) is 1.42. The first-order valence-electron chi connectivity index (χ1n) is 5.99. The molecule has 0 radical (unpaired) electrons. The molecule has 88 valence electrons. The molecule has 0 aliphatic heterocycles. The maximum Gasteiger partial charge on any atom is 0.145 e. The van der Waals surface area contributed by atoms with Crippen LogP contribution in [0, 0.1) is 5.92 Å². The maximum absolute atomic E-state index is 11.8. The highest BCUT2D eigenvalue weighted by atomic mass is 32.2. The number of Topliss-reactive ketones (excluding diaryl/α,β-unsaturated/α-hetero) is 1. The Morgan fingerprint density at radius 3 is 2.67 bits per heavy atom. The van der Waals surface area contributed by atoms with Gasteiger partial charge in [-0.1, -0.05) is 26.2 Å². The Hall–Kier alpha value is -0.0200. The molecule has 0 amide bonds. The van der Waals surface area contributed by atoms with Gasteiger partial charge in [0.05, 0.1) is 5.75 Å². The van der Waals surface area contributed by atoms with Crippen molar-refractivity contribution in [3.63, 3.8) is 0 Å². The van der Waals surface area contributed by atoms with Crippen LogP contribution in [-0.2, 0) is 4.79 Å². The topological polar surface area (TPSA) is 37.3 Å². The first-order chi connectivity index (χ1) is 7.24. The average Bonchev–Trinajstić information content (AvgIpc) is 2.27. The molecular formula is C12H22O2S. The molecule has 1 atom stereocenters. The van der Waals surface area contributed by atoms with Crippen LogP contribution in [0.4, 0.5) is 0 Å². The van der Waals surface area contributed by atoms with Crippen molar-refractivity contribution in [2.24, 2.45) is 5.92 Å². The Balaban J connectivity index is 2.16. The van der Waals surface area contributed by atoms with E-state index in [1.165, 1.54) is 19.3 Å². The molecule has 1 aliphatic rings.